The predicted octanol–water partition coefficient (Wildman–Crippen LogP) is 2.71. The van der Waals surface area contributed by atoms with E-state index < -0.39 is 0 Å². The van der Waals surface area contributed by atoms with Crippen LogP contribution in [-0.2, 0) is 6.54 Å². The smallest absolute Gasteiger partial charge is 0.147 e. The Balaban J connectivity index is 2.03. The summed E-state index contributed by atoms with van der Waals surface area (Å²) in [6.07, 6.45) is 3.51. The average Bonchev–Trinajstić information content (AvgIpc) is 2.32. The molecule has 0 atom stereocenters. The van der Waals surface area contributed by atoms with Gasteiger partial charge in [0.15, 0.2) is 0 Å². The third-order valence-corrected chi connectivity index (χ3v) is 2.58. The van der Waals surface area contributed by atoms with Crippen molar-refractivity contribution in [1.29, 1.82) is 0 Å². The predicted molar refractivity (Wildman–Crippen MR) is 65.3 cm³/mol. The summed E-state index contributed by atoms with van der Waals surface area (Å²) in [5, 5.41) is 3.30. The van der Waals surface area contributed by atoms with Gasteiger partial charge in [0.25, 0.3) is 0 Å². The summed E-state index contributed by atoms with van der Waals surface area (Å²) in [7, 11) is 0. The highest BCUT2D eigenvalue weighted by Gasteiger charge is 1.97. The van der Waals surface area contributed by atoms with E-state index >= 15 is 0 Å². The van der Waals surface area contributed by atoms with E-state index in [4.69, 9.17) is 0 Å². The molecule has 0 saturated heterocycles. The van der Waals surface area contributed by atoms with E-state index in [1.165, 1.54) is 11.1 Å². The lowest BCUT2D eigenvalue weighted by Crippen LogP contribution is -2.03. The first-order valence-corrected chi connectivity index (χ1v) is 5.33. The zero-order valence-electron chi connectivity index (χ0n) is 9.57. The van der Waals surface area contributed by atoms with Crippen molar-refractivity contribution in [2.75, 3.05) is 5.32 Å². The average molecular weight is 213 g/mol. The number of hydrogen-bond acceptors (Lipinski definition) is 3. The lowest BCUT2D eigenvalue weighted by Gasteiger charge is -2.07. The van der Waals surface area contributed by atoms with Crippen molar-refractivity contribution in [3.05, 3.63) is 53.6 Å². The standard InChI is InChI=1S/C13H15N3/c1-10-4-5-12(8-11(10)2)16-9-13-14-6-3-7-15-13/h3-8,16H,9H2,1-2H3. The number of hydrogen-bond donors (Lipinski definition) is 1. The van der Waals surface area contributed by atoms with Crippen LogP contribution in [0.5, 0.6) is 0 Å². The van der Waals surface area contributed by atoms with Gasteiger partial charge in [-0.3, -0.25) is 0 Å². The summed E-state index contributed by atoms with van der Waals surface area (Å²) in [5.41, 5.74) is 3.70. The van der Waals surface area contributed by atoms with Gasteiger partial charge in [0, 0.05) is 18.1 Å². The normalized spacial score (nSPS) is 10.1. The fourth-order valence-electron chi connectivity index (χ4n) is 1.45. The summed E-state index contributed by atoms with van der Waals surface area (Å²) in [6, 6.07) is 8.15. The minimum absolute atomic E-state index is 0.656. The second-order valence-corrected chi connectivity index (χ2v) is 3.82. The fourth-order valence-corrected chi connectivity index (χ4v) is 1.45. The first kappa shape index (κ1) is 10.6. The topological polar surface area (TPSA) is 37.8 Å². The maximum absolute atomic E-state index is 4.16. The van der Waals surface area contributed by atoms with Gasteiger partial charge in [-0.25, -0.2) is 9.97 Å². The first-order chi connectivity index (χ1) is 7.75. The summed E-state index contributed by atoms with van der Waals surface area (Å²) < 4.78 is 0. The summed E-state index contributed by atoms with van der Waals surface area (Å²) in [5.74, 6) is 0.806. The number of nitrogens with one attached hydrogen (secondary N) is 1. The highest BCUT2D eigenvalue weighted by atomic mass is 15.0. The maximum atomic E-state index is 4.16. The van der Waals surface area contributed by atoms with Crippen LogP contribution in [-0.4, -0.2) is 9.97 Å². The Morgan fingerprint density at radius 1 is 1.06 bits per heavy atom. The molecule has 1 N–H and O–H groups in total. The van der Waals surface area contributed by atoms with Crippen LogP contribution in [0.1, 0.15) is 17.0 Å². The molecule has 16 heavy (non-hydrogen) atoms. The van der Waals surface area contributed by atoms with Gasteiger partial charge in [-0.15, -0.1) is 0 Å². The maximum Gasteiger partial charge on any atom is 0.147 e. The van der Waals surface area contributed by atoms with E-state index in [0.717, 1.165) is 11.5 Å². The van der Waals surface area contributed by atoms with E-state index in [9.17, 15) is 0 Å². The molecule has 1 aromatic heterocycles. The molecule has 0 fully saturated rings. The van der Waals surface area contributed by atoms with Crippen LogP contribution in [0.15, 0.2) is 36.7 Å². The van der Waals surface area contributed by atoms with Crippen LogP contribution in [0.3, 0.4) is 0 Å². The number of anilines is 1. The van der Waals surface area contributed by atoms with E-state index in [0.29, 0.717) is 6.54 Å². The van der Waals surface area contributed by atoms with E-state index in [2.05, 4.69) is 47.3 Å². The first-order valence-electron chi connectivity index (χ1n) is 5.33. The monoisotopic (exact) mass is 213 g/mol. The van der Waals surface area contributed by atoms with Crippen LogP contribution < -0.4 is 5.32 Å². The molecule has 82 valence electrons. The van der Waals surface area contributed by atoms with Crippen LogP contribution in [0, 0.1) is 13.8 Å². The van der Waals surface area contributed by atoms with Gasteiger partial charge in [0.1, 0.15) is 5.82 Å². The third kappa shape index (κ3) is 2.57. The van der Waals surface area contributed by atoms with Crippen molar-refractivity contribution >= 4 is 5.69 Å². The molecule has 0 saturated carbocycles. The number of nitrogens with zero attached hydrogens (tertiary/aromatic N) is 2. The van der Waals surface area contributed by atoms with Gasteiger partial charge >= 0.3 is 0 Å². The van der Waals surface area contributed by atoms with Gasteiger partial charge in [-0.05, 0) is 43.2 Å². The fraction of sp³-hybridized carbons (Fsp3) is 0.231. The highest BCUT2D eigenvalue weighted by molar-refractivity contribution is 5.48. The Labute approximate surface area is 95.6 Å². The second kappa shape index (κ2) is 4.75. The van der Waals surface area contributed by atoms with Crippen LogP contribution in [0.4, 0.5) is 5.69 Å². The van der Waals surface area contributed by atoms with E-state index in [1.54, 1.807) is 12.4 Å². The molecule has 1 aromatic carbocycles. The van der Waals surface area contributed by atoms with Crippen molar-refractivity contribution in [3.8, 4) is 0 Å². The minimum atomic E-state index is 0.656. The van der Waals surface area contributed by atoms with Crippen molar-refractivity contribution < 1.29 is 0 Å². The van der Waals surface area contributed by atoms with E-state index in [1.807, 2.05) is 6.07 Å². The molecule has 2 rings (SSSR count). The van der Waals surface area contributed by atoms with E-state index in [-0.39, 0.29) is 0 Å². The summed E-state index contributed by atoms with van der Waals surface area (Å²) in [4.78, 5) is 8.32. The quantitative estimate of drug-likeness (QED) is 0.851. The van der Waals surface area contributed by atoms with Crippen LogP contribution in [0.25, 0.3) is 0 Å². The van der Waals surface area contributed by atoms with Gasteiger partial charge < -0.3 is 5.32 Å². The lowest BCUT2D eigenvalue weighted by atomic mass is 10.1. The van der Waals surface area contributed by atoms with Gasteiger partial charge in [-0.1, -0.05) is 6.07 Å². The van der Waals surface area contributed by atoms with Crippen molar-refractivity contribution in [2.24, 2.45) is 0 Å². The zero-order valence-corrected chi connectivity index (χ0v) is 9.57. The molecular weight excluding hydrogens is 198 g/mol. The molecule has 0 spiro atoms. The van der Waals surface area contributed by atoms with Gasteiger partial charge in [0.05, 0.1) is 6.54 Å². The summed E-state index contributed by atoms with van der Waals surface area (Å²) in [6.45, 7) is 4.88. The number of benzene rings is 1. The second-order valence-electron chi connectivity index (χ2n) is 3.82. The molecule has 3 nitrogen and oxygen atoms in total. The van der Waals surface area contributed by atoms with Gasteiger partial charge in [-0.2, -0.15) is 0 Å². The van der Waals surface area contributed by atoms with Crippen molar-refractivity contribution in [2.45, 2.75) is 20.4 Å². The van der Waals surface area contributed by atoms with Crippen molar-refractivity contribution in [3.63, 3.8) is 0 Å². The largest absolute Gasteiger partial charge is 0.378 e. The molecule has 0 radical (unpaired) electrons. The number of aromatic nitrogens is 2. The van der Waals surface area contributed by atoms with Crippen LogP contribution >= 0.6 is 0 Å². The SMILES string of the molecule is Cc1ccc(NCc2ncccn2)cc1C. The van der Waals surface area contributed by atoms with Crippen LogP contribution in [0.2, 0.25) is 0 Å². The molecule has 0 aliphatic carbocycles. The zero-order chi connectivity index (χ0) is 11.4. The molecular formula is C13H15N3. The number of rotatable bonds is 3. The Hall–Kier alpha value is -1.90. The highest BCUT2D eigenvalue weighted by Crippen LogP contribution is 2.14. The summed E-state index contributed by atoms with van der Waals surface area (Å²) >= 11 is 0. The molecule has 0 unspecified atom stereocenters. The lowest BCUT2D eigenvalue weighted by molar-refractivity contribution is 0.948. The van der Waals surface area contributed by atoms with Gasteiger partial charge in [0.2, 0.25) is 0 Å². The Bertz CT molecular complexity index is 466. The minimum Gasteiger partial charge on any atom is -0.378 e. The molecule has 1 heterocycles. The Kier molecular flexibility index (Phi) is 3.15. The molecule has 0 aliphatic heterocycles. The van der Waals surface area contributed by atoms with Crippen molar-refractivity contribution in [1.82, 2.24) is 9.97 Å². The number of aryl methyl sites for hydroxylation is 2. The molecule has 2 aromatic rings. The molecule has 0 aliphatic rings. The Morgan fingerprint density at radius 2 is 1.81 bits per heavy atom. The molecule has 3 heteroatoms. The molecule has 0 bridgehead atoms. The molecule has 0 amide bonds. The third-order valence-electron chi connectivity index (χ3n) is 2.58. The Morgan fingerprint density at radius 3 is 2.50 bits per heavy atom.